The zero-order valence-corrected chi connectivity index (χ0v) is 15.0. The Labute approximate surface area is 154 Å². The first kappa shape index (κ1) is 18.5. The molecule has 144 valence electrons. The van der Waals surface area contributed by atoms with E-state index in [-0.39, 0.29) is 37.3 Å². The molecule has 11 heteroatoms. The van der Waals surface area contributed by atoms with Gasteiger partial charge >= 0.3 is 11.9 Å². The van der Waals surface area contributed by atoms with Crippen molar-refractivity contribution >= 4 is 34.8 Å². The number of hydrogen-bond acceptors (Lipinski definition) is 9. The van der Waals surface area contributed by atoms with Crippen LogP contribution in [-0.4, -0.2) is 68.1 Å². The number of fused-ring (bicyclic) bond motifs is 1. The van der Waals surface area contributed by atoms with Crippen LogP contribution in [-0.2, 0) is 30.4 Å². The van der Waals surface area contributed by atoms with Crippen LogP contribution in [0.3, 0.4) is 0 Å². The van der Waals surface area contributed by atoms with Gasteiger partial charge in [-0.25, -0.2) is 15.0 Å². The number of carbonyl (C=O) groups is 3. The summed E-state index contributed by atoms with van der Waals surface area (Å²) in [7, 11) is 0. The van der Waals surface area contributed by atoms with Crippen LogP contribution in [0.2, 0.25) is 0 Å². The Balaban J connectivity index is 1.71. The van der Waals surface area contributed by atoms with E-state index in [4.69, 9.17) is 15.2 Å². The molecule has 2 unspecified atom stereocenters. The van der Waals surface area contributed by atoms with E-state index in [9.17, 15) is 14.4 Å². The molecule has 2 atom stereocenters. The summed E-state index contributed by atoms with van der Waals surface area (Å²) in [5.74, 6) is -1.12. The maximum Gasteiger partial charge on any atom is 0.302 e. The van der Waals surface area contributed by atoms with Crippen molar-refractivity contribution in [3.05, 3.63) is 12.7 Å². The molecular formula is C16H20N6O5. The van der Waals surface area contributed by atoms with Crippen molar-refractivity contribution in [2.75, 3.05) is 25.4 Å². The molecule has 2 N–H and O–H groups in total. The second kappa shape index (κ2) is 7.56. The Hall–Kier alpha value is -3.24. The number of aromatic nitrogens is 4. The number of imidazole rings is 1. The molecule has 2 aromatic rings. The number of ether oxygens (including phenoxy) is 2. The van der Waals surface area contributed by atoms with Gasteiger partial charge in [0.2, 0.25) is 5.91 Å². The summed E-state index contributed by atoms with van der Waals surface area (Å²) in [6, 6.07) is 0. The number of amides is 1. The number of anilines is 1. The molecule has 3 heterocycles. The third-order valence-electron chi connectivity index (χ3n) is 4.29. The minimum absolute atomic E-state index is 0.0000300. The summed E-state index contributed by atoms with van der Waals surface area (Å²) < 4.78 is 11.9. The van der Waals surface area contributed by atoms with Gasteiger partial charge in [-0.2, -0.15) is 0 Å². The minimum Gasteiger partial charge on any atom is -0.465 e. The van der Waals surface area contributed by atoms with Gasteiger partial charge in [-0.3, -0.25) is 14.4 Å². The van der Waals surface area contributed by atoms with Gasteiger partial charge in [0, 0.05) is 26.3 Å². The van der Waals surface area contributed by atoms with E-state index in [1.54, 1.807) is 9.47 Å². The topological polar surface area (TPSA) is 143 Å². The maximum atomic E-state index is 12.7. The van der Waals surface area contributed by atoms with Gasteiger partial charge in [0.05, 0.1) is 19.5 Å². The van der Waals surface area contributed by atoms with Crippen molar-refractivity contribution in [2.45, 2.75) is 26.5 Å². The van der Waals surface area contributed by atoms with Crippen LogP contribution in [0.4, 0.5) is 5.82 Å². The van der Waals surface area contributed by atoms with Crippen molar-refractivity contribution in [1.82, 2.24) is 24.4 Å². The van der Waals surface area contributed by atoms with Crippen LogP contribution in [0.25, 0.3) is 11.2 Å². The predicted octanol–water partition coefficient (Wildman–Crippen LogP) is -0.638. The van der Waals surface area contributed by atoms with E-state index < -0.39 is 18.0 Å². The molecule has 1 saturated heterocycles. The van der Waals surface area contributed by atoms with Crippen molar-refractivity contribution in [1.29, 1.82) is 0 Å². The summed E-state index contributed by atoms with van der Waals surface area (Å²) in [5, 5.41) is 0. The molecule has 1 fully saturated rings. The fraction of sp³-hybridized carbons (Fsp3) is 0.500. The van der Waals surface area contributed by atoms with Crippen molar-refractivity contribution in [3.63, 3.8) is 0 Å². The highest BCUT2D eigenvalue weighted by Crippen LogP contribution is 2.22. The maximum absolute atomic E-state index is 12.7. The summed E-state index contributed by atoms with van der Waals surface area (Å²) in [6.45, 7) is 3.22. The quantitative estimate of drug-likeness (QED) is 0.674. The number of nitrogens with two attached hydrogens (primary N) is 1. The molecule has 27 heavy (non-hydrogen) atoms. The zero-order valence-electron chi connectivity index (χ0n) is 15.0. The first-order valence-corrected chi connectivity index (χ1v) is 8.34. The summed E-state index contributed by atoms with van der Waals surface area (Å²) in [6.07, 6.45) is 2.26. The third kappa shape index (κ3) is 4.13. The van der Waals surface area contributed by atoms with Gasteiger partial charge in [0.25, 0.3) is 0 Å². The number of esters is 2. The van der Waals surface area contributed by atoms with Crippen molar-refractivity contribution in [3.8, 4) is 0 Å². The van der Waals surface area contributed by atoms with Crippen LogP contribution in [0, 0.1) is 5.92 Å². The zero-order chi connectivity index (χ0) is 19.6. The fourth-order valence-corrected chi connectivity index (χ4v) is 3.04. The molecule has 0 saturated carbocycles. The molecule has 1 amide bonds. The summed E-state index contributed by atoms with van der Waals surface area (Å²) >= 11 is 0. The van der Waals surface area contributed by atoms with Gasteiger partial charge in [-0.05, 0) is 0 Å². The molecule has 3 rings (SSSR count). The van der Waals surface area contributed by atoms with Gasteiger partial charge in [0.15, 0.2) is 11.5 Å². The van der Waals surface area contributed by atoms with Gasteiger partial charge in [0.1, 0.15) is 24.5 Å². The highest BCUT2D eigenvalue weighted by Gasteiger charge is 2.38. The van der Waals surface area contributed by atoms with E-state index >= 15 is 0 Å². The third-order valence-corrected chi connectivity index (χ3v) is 4.29. The Morgan fingerprint density at radius 3 is 2.67 bits per heavy atom. The Kier molecular flexibility index (Phi) is 5.19. The number of rotatable bonds is 5. The molecule has 2 aromatic heterocycles. The van der Waals surface area contributed by atoms with Crippen LogP contribution in [0.15, 0.2) is 12.7 Å². The largest absolute Gasteiger partial charge is 0.465 e. The fourth-order valence-electron chi connectivity index (χ4n) is 3.04. The molecule has 1 aliphatic heterocycles. The van der Waals surface area contributed by atoms with E-state index in [1.807, 2.05) is 0 Å². The van der Waals surface area contributed by atoms with Gasteiger partial charge in [-0.15, -0.1) is 0 Å². The lowest BCUT2D eigenvalue weighted by molar-refractivity contribution is -0.150. The van der Waals surface area contributed by atoms with Crippen molar-refractivity contribution in [2.24, 2.45) is 5.92 Å². The number of likely N-dealkylation sites (tertiary alicyclic amines) is 1. The van der Waals surface area contributed by atoms with Crippen LogP contribution >= 0.6 is 0 Å². The van der Waals surface area contributed by atoms with Gasteiger partial charge < -0.3 is 24.7 Å². The lowest BCUT2D eigenvalue weighted by atomic mass is 10.1. The highest BCUT2D eigenvalue weighted by molar-refractivity contribution is 5.83. The second-order valence-corrected chi connectivity index (χ2v) is 6.31. The van der Waals surface area contributed by atoms with E-state index in [2.05, 4.69) is 15.0 Å². The van der Waals surface area contributed by atoms with Crippen LogP contribution < -0.4 is 5.73 Å². The lowest BCUT2D eigenvalue weighted by Gasteiger charge is -2.17. The molecule has 0 aliphatic carbocycles. The normalized spacial score (nSPS) is 19.3. The molecule has 1 aliphatic rings. The van der Waals surface area contributed by atoms with Crippen LogP contribution in [0.5, 0.6) is 0 Å². The van der Waals surface area contributed by atoms with E-state index in [0.717, 1.165) is 0 Å². The Morgan fingerprint density at radius 2 is 1.96 bits per heavy atom. The minimum atomic E-state index is -0.525. The molecule has 0 bridgehead atoms. The molecular weight excluding hydrogens is 356 g/mol. The van der Waals surface area contributed by atoms with E-state index in [1.165, 1.54) is 26.5 Å². The molecule has 0 radical (unpaired) electrons. The SMILES string of the molecule is CC(=O)OCC1CN(C(=O)Cn2cnc3c(N)ncnc32)CC1OC(C)=O. The summed E-state index contributed by atoms with van der Waals surface area (Å²) in [5.41, 5.74) is 6.64. The van der Waals surface area contributed by atoms with Gasteiger partial charge in [-0.1, -0.05) is 0 Å². The standard InChI is InChI=1S/C16H20N6O5/c1-9(23)26-6-11-3-21(4-12(11)27-10(2)24)13(25)5-22-8-20-14-15(17)18-7-19-16(14)22/h7-8,11-12H,3-6H2,1-2H3,(H2,17,18,19). The first-order valence-electron chi connectivity index (χ1n) is 8.34. The highest BCUT2D eigenvalue weighted by atomic mass is 16.6. The monoisotopic (exact) mass is 376 g/mol. The average molecular weight is 376 g/mol. The Morgan fingerprint density at radius 1 is 1.19 bits per heavy atom. The predicted molar refractivity (Wildman–Crippen MR) is 92.0 cm³/mol. The average Bonchev–Trinajstić information content (AvgIpc) is 3.18. The second-order valence-electron chi connectivity index (χ2n) is 6.31. The molecule has 11 nitrogen and oxygen atoms in total. The number of hydrogen-bond donors (Lipinski definition) is 1. The lowest BCUT2D eigenvalue weighted by Crippen LogP contribution is -2.33. The van der Waals surface area contributed by atoms with Crippen molar-refractivity contribution < 1.29 is 23.9 Å². The van der Waals surface area contributed by atoms with E-state index in [0.29, 0.717) is 17.7 Å². The summed E-state index contributed by atoms with van der Waals surface area (Å²) in [4.78, 5) is 48.8. The number of nitrogen functional groups attached to an aromatic ring is 1. The number of nitrogens with zero attached hydrogens (tertiary/aromatic N) is 5. The molecule has 0 spiro atoms. The van der Waals surface area contributed by atoms with Crippen LogP contribution in [0.1, 0.15) is 13.8 Å². The Bertz CT molecular complexity index is 881. The first-order chi connectivity index (χ1) is 12.8. The number of carbonyl (C=O) groups excluding carboxylic acids is 3. The smallest absolute Gasteiger partial charge is 0.302 e. The molecule has 0 aromatic carbocycles.